The van der Waals surface area contributed by atoms with Gasteiger partial charge in [0.1, 0.15) is 23.0 Å². The summed E-state index contributed by atoms with van der Waals surface area (Å²) in [6, 6.07) is 9.64. The van der Waals surface area contributed by atoms with Gasteiger partial charge < -0.3 is 14.1 Å². The molecule has 41 heavy (non-hydrogen) atoms. The van der Waals surface area contributed by atoms with Crippen LogP contribution in [0, 0.1) is 5.82 Å². The van der Waals surface area contributed by atoms with Crippen LogP contribution < -0.4 is 4.31 Å². The van der Waals surface area contributed by atoms with E-state index in [1.807, 2.05) is 6.07 Å². The second-order valence-electron chi connectivity index (χ2n) is 10.4. The van der Waals surface area contributed by atoms with E-state index in [1.165, 1.54) is 20.7 Å². The Labute approximate surface area is 238 Å². The highest BCUT2D eigenvalue weighted by Gasteiger charge is 2.33. The van der Waals surface area contributed by atoms with E-state index in [0.717, 1.165) is 30.0 Å². The van der Waals surface area contributed by atoms with Crippen molar-refractivity contribution in [3.8, 4) is 22.7 Å². The minimum absolute atomic E-state index is 0.00417. The third-order valence-corrected chi connectivity index (χ3v) is 10.6. The number of halogens is 1. The monoisotopic (exact) mass is 602 g/mol. The van der Waals surface area contributed by atoms with Crippen LogP contribution in [0.4, 0.5) is 10.1 Å². The molecule has 3 heterocycles. The smallest absolute Gasteiger partial charge is 0.232 e. The van der Waals surface area contributed by atoms with Gasteiger partial charge in [-0.25, -0.2) is 26.2 Å². The van der Waals surface area contributed by atoms with Gasteiger partial charge in [0.2, 0.25) is 20.0 Å². The van der Waals surface area contributed by atoms with E-state index in [1.54, 1.807) is 30.6 Å². The molecule has 0 bridgehead atoms. The van der Waals surface area contributed by atoms with Crippen molar-refractivity contribution in [3.05, 3.63) is 60.2 Å². The lowest BCUT2D eigenvalue weighted by Gasteiger charge is -2.28. The van der Waals surface area contributed by atoms with Crippen LogP contribution in [-0.4, -0.2) is 76.0 Å². The maximum Gasteiger partial charge on any atom is 0.232 e. The predicted octanol–water partition coefficient (Wildman–Crippen LogP) is 4.32. The summed E-state index contributed by atoms with van der Waals surface area (Å²) in [6.45, 7) is 1.30. The minimum atomic E-state index is -3.76. The fraction of sp³-hybridized carbons (Fsp3) is 0.393. The second-order valence-corrected chi connectivity index (χ2v) is 14.4. The van der Waals surface area contributed by atoms with Crippen LogP contribution >= 0.6 is 0 Å². The molecular weight excluding hydrogens is 571 g/mol. The third-order valence-electron chi connectivity index (χ3n) is 7.49. The molecule has 4 aromatic rings. The fourth-order valence-corrected chi connectivity index (χ4v) is 7.77. The van der Waals surface area contributed by atoms with Crippen molar-refractivity contribution in [3.63, 3.8) is 0 Å². The number of rotatable bonds is 10. The molecule has 0 unspecified atom stereocenters. The molecule has 0 radical (unpaired) electrons. The third kappa shape index (κ3) is 5.76. The molecule has 13 heteroatoms. The molecule has 1 aliphatic heterocycles. The first kappa shape index (κ1) is 27.9. The number of benzene rings is 2. The van der Waals surface area contributed by atoms with Gasteiger partial charge in [0.25, 0.3) is 0 Å². The Morgan fingerprint density at radius 1 is 1.10 bits per heavy atom. The number of hydrogen-bond donors (Lipinski definition) is 1. The highest BCUT2D eigenvalue weighted by molar-refractivity contribution is 7.92. The Morgan fingerprint density at radius 3 is 2.46 bits per heavy atom. The molecule has 0 amide bonds. The van der Waals surface area contributed by atoms with E-state index < -0.39 is 20.0 Å². The van der Waals surface area contributed by atoms with E-state index >= 15 is 0 Å². The number of nitrogens with zero attached hydrogens (tertiary/aromatic N) is 3. The standard InChI is InChI=1S/C28H31FN4O6S2/c1-40(34,35)33(11-2-16-41(36,37)32-12-14-38-15-13-32)24-18-25-23(17-22(24)19-3-4-19)26(28-30-9-10-31-28)27(39-25)20-5-7-21(29)8-6-20/h5-10,17-19H,2-4,11-16H2,1H3,(H,30,31). The second kappa shape index (κ2) is 10.9. The molecule has 1 saturated heterocycles. The molecule has 10 nitrogen and oxygen atoms in total. The van der Waals surface area contributed by atoms with Gasteiger partial charge in [0.05, 0.1) is 36.5 Å². The number of hydrogen-bond acceptors (Lipinski definition) is 7. The van der Waals surface area contributed by atoms with Crippen LogP contribution in [0.5, 0.6) is 0 Å². The van der Waals surface area contributed by atoms with E-state index in [-0.39, 0.29) is 30.5 Å². The Morgan fingerprint density at radius 2 is 1.83 bits per heavy atom. The van der Waals surface area contributed by atoms with E-state index in [4.69, 9.17) is 9.15 Å². The lowest BCUT2D eigenvalue weighted by Crippen LogP contribution is -2.42. The average Bonchev–Trinajstić information content (AvgIpc) is 3.51. The molecular formula is C28H31FN4O6S2. The summed E-state index contributed by atoms with van der Waals surface area (Å²) < 4.78 is 79.9. The number of imidazole rings is 1. The van der Waals surface area contributed by atoms with Crippen molar-refractivity contribution < 1.29 is 30.4 Å². The molecule has 1 aliphatic carbocycles. The SMILES string of the molecule is CS(=O)(=O)N(CCCS(=O)(=O)N1CCOCC1)c1cc2oc(-c3ccc(F)cc3)c(-c3ncc[nH]3)c2cc1C1CC1. The predicted molar refractivity (Wildman–Crippen MR) is 154 cm³/mol. The summed E-state index contributed by atoms with van der Waals surface area (Å²) in [4.78, 5) is 7.56. The van der Waals surface area contributed by atoms with Crippen molar-refractivity contribution in [2.45, 2.75) is 25.2 Å². The van der Waals surface area contributed by atoms with E-state index in [0.29, 0.717) is 60.3 Å². The van der Waals surface area contributed by atoms with Crippen LogP contribution in [-0.2, 0) is 24.8 Å². The number of sulfonamides is 2. The van der Waals surface area contributed by atoms with Crippen LogP contribution in [0.3, 0.4) is 0 Å². The first-order valence-corrected chi connectivity index (χ1v) is 17.0. The van der Waals surface area contributed by atoms with Gasteiger partial charge in [0.15, 0.2) is 0 Å². The zero-order valence-electron chi connectivity index (χ0n) is 22.5. The summed E-state index contributed by atoms with van der Waals surface area (Å²) in [5.41, 5.74) is 3.14. The maximum absolute atomic E-state index is 13.7. The molecule has 218 valence electrons. The largest absolute Gasteiger partial charge is 0.455 e. The number of nitrogens with one attached hydrogen (secondary N) is 1. The number of aromatic nitrogens is 2. The number of anilines is 1. The summed E-state index contributed by atoms with van der Waals surface area (Å²) in [6.07, 6.45) is 6.43. The Kier molecular flexibility index (Phi) is 7.39. The van der Waals surface area contributed by atoms with Crippen molar-refractivity contribution in [1.29, 1.82) is 0 Å². The average molecular weight is 603 g/mol. The molecule has 2 aromatic carbocycles. The summed E-state index contributed by atoms with van der Waals surface area (Å²) >= 11 is 0. The highest BCUT2D eigenvalue weighted by Crippen LogP contribution is 2.49. The summed E-state index contributed by atoms with van der Waals surface area (Å²) in [5.74, 6) is 0.687. The lowest BCUT2D eigenvalue weighted by atomic mass is 10.0. The van der Waals surface area contributed by atoms with Gasteiger partial charge in [0, 0.05) is 49.0 Å². The number of ether oxygens (including phenoxy) is 1. The van der Waals surface area contributed by atoms with Crippen molar-refractivity contribution in [2.75, 3.05) is 49.2 Å². The number of aromatic amines is 1. The Bertz CT molecular complexity index is 1760. The maximum atomic E-state index is 13.7. The first-order chi connectivity index (χ1) is 19.6. The number of H-pyrrole nitrogens is 1. The van der Waals surface area contributed by atoms with Crippen LogP contribution in [0.25, 0.3) is 33.7 Å². The van der Waals surface area contributed by atoms with Crippen LogP contribution in [0.2, 0.25) is 0 Å². The van der Waals surface area contributed by atoms with E-state index in [9.17, 15) is 21.2 Å². The van der Waals surface area contributed by atoms with Crippen molar-refractivity contribution in [1.82, 2.24) is 14.3 Å². The normalized spacial score (nSPS) is 16.8. The number of furan rings is 1. The first-order valence-electron chi connectivity index (χ1n) is 13.5. The van der Waals surface area contributed by atoms with Gasteiger partial charge in [-0.15, -0.1) is 0 Å². The molecule has 6 rings (SSSR count). The Balaban J connectivity index is 1.41. The zero-order valence-corrected chi connectivity index (χ0v) is 24.2. The van der Waals surface area contributed by atoms with Crippen LogP contribution in [0.1, 0.15) is 30.7 Å². The molecule has 1 N–H and O–H groups in total. The van der Waals surface area contributed by atoms with Crippen molar-refractivity contribution in [2.24, 2.45) is 0 Å². The number of fused-ring (bicyclic) bond motifs is 1. The molecule has 2 fully saturated rings. The summed E-state index contributed by atoms with van der Waals surface area (Å²) in [7, 11) is -7.30. The van der Waals surface area contributed by atoms with Gasteiger partial charge in [-0.1, -0.05) is 0 Å². The van der Waals surface area contributed by atoms with Crippen LogP contribution in [0.15, 0.2) is 53.2 Å². The summed E-state index contributed by atoms with van der Waals surface area (Å²) in [5, 5.41) is 0.758. The zero-order chi connectivity index (χ0) is 28.8. The highest BCUT2D eigenvalue weighted by atomic mass is 32.2. The van der Waals surface area contributed by atoms with Gasteiger partial charge in [-0.3, -0.25) is 4.31 Å². The van der Waals surface area contributed by atoms with E-state index in [2.05, 4.69) is 9.97 Å². The molecule has 1 saturated carbocycles. The Hall–Kier alpha value is -3.26. The van der Waals surface area contributed by atoms with Gasteiger partial charge in [-0.2, -0.15) is 4.31 Å². The molecule has 2 aromatic heterocycles. The molecule has 2 aliphatic rings. The minimum Gasteiger partial charge on any atom is -0.455 e. The van der Waals surface area contributed by atoms with Gasteiger partial charge >= 0.3 is 0 Å². The topological polar surface area (TPSA) is 126 Å². The number of morpholine rings is 1. The lowest BCUT2D eigenvalue weighted by molar-refractivity contribution is 0.0730. The quantitative estimate of drug-likeness (QED) is 0.287. The molecule has 0 atom stereocenters. The van der Waals surface area contributed by atoms with Gasteiger partial charge in [-0.05, 0) is 61.1 Å². The van der Waals surface area contributed by atoms with Crippen molar-refractivity contribution >= 4 is 36.7 Å². The molecule has 0 spiro atoms. The fourth-order valence-electron chi connectivity index (χ4n) is 5.34.